The van der Waals surface area contributed by atoms with Crippen LogP contribution in [0.1, 0.15) is 26.7 Å². The van der Waals surface area contributed by atoms with Gasteiger partial charge in [-0.25, -0.2) is 4.79 Å². The van der Waals surface area contributed by atoms with E-state index in [0.717, 1.165) is 12.8 Å². The second-order valence-electron chi connectivity index (χ2n) is 5.55. The standard InChI is InChI=1S/C12H20N2O4/c1-12(2)8-18-6-5-14(12)11(17)13(7-10(15)16)9-3-4-9/h9H,3-8H2,1-2H3,(H,15,16). The minimum Gasteiger partial charge on any atom is -0.480 e. The number of rotatable bonds is 3. The van der Waals surface area contributed by atoms with Crippen LogP contribution in [0.5, 0.6) is 0 Å². The largest absolute Gasteiger partial charge is 0.480 e. The molecule has 0 spiro atoms. The molecule has 2 aliphatic rings. The second kappa shape index (κ2) is 4.76. The average Bonchev–Trinajstić information content (AvgIpc) is 3.08. The molecule has 1 heterocycles. The van der Waals surface area contributed by atoms with E-state index in [0.29, 0.717) is 19.8 Å². The summed E-state index contributed by atoms with van der Waals surface area (Å²) < 4.78 is 5.37. The minimum absolute atomic E-state index is 0.104. The number of carboxylic acids is 1. The van der Waals surface area contributed by atoms with Crippen LogP contribution in [0, 0.1) is 0 Å². The third-order valence-corrected chi connectivity index (χ3v) is 3.42. The zero-order valence-corrected chi connectivity index (χ0v) is 10.9. The van der Waals surface area contributed by atoms with E-state index in [2.05, 4.69) is 0 Å². The molecular weight excluding hydrogens is 236 g/mol. The van der Waals surface area contributed by atoms with Gasteiger partial charge in [-0.2, -0.15) is 0 Å². The van der Waals surface area contributed by atoms with Crippen molar-refractivity contribution in [2.75, 3.05) is 26.3 Å². The Morgan fingerprint density at radius 1 is 1.44 bits per heavy atom. The Morgan fingerprint density at radius 2 is 2.11 bits per heavy atom. The number of morpholine rings is 1. The van der Waals surface area contributed by atoms with E-state index in [1.165, 1.54) is 4.90 Å². The molecule has 0 atom stereocenters. The first-order valence-electron chi connectivity index (χ1n) is 6.29. The zero-order valence-electron chi connectivity index (χ0n) is 10.9. The number of aliphatic carboxylic acids is 1. The van der Waals surface area contributed by atoms with Crippen molar-refractivity contribution in [2.45, 2.75) is 38.3 Å². The second-order valence-corrected chi connectivity index (χ2v) is 5.55. The maximum Gasteiger partial charge on any atom is 0.323 e. The average molecular weight is 256 g/mol. The van der Waals surface area contributed by atoms with Crippen LogP contribution >= 0.6 is 0 Å². The van der Waals surface area contributed by atoms with Crippen LogP contribution in [-0.2, 0) is 9.53 Å². The van der Waals surface area contributed by atoms with Gasteiger partial charge in [-0.3, -0.25) is 4.79 Å². The van der Waals surface area contributed by atoms with E-state index in [4.69, 9.17) is 9.84 Å². The van der Waals surface area contributed by atoms with E-state index in [-0.39, 0.29) is 24.2 Å². The van der Waals surface area contributed by atoms with Crippen molar-refractivity contribution in [2.24, 2.45) is 0 Å². The fourth-order valence-corrected chi connectivity index (χ4v) is 2.25. The van der Waals surface area contributed by atoms with Gasteiger partial charge in [-0.1, -0.05) is 0 Å². The number of hydrogen-bond donors (Lipinski definition) is 1. The molecule has 0 bridgehead atoms. The number of carbonyl (C=O) groups excluding carboxylic acids is 1. The van der Waals surface area contributed by atoms with E-state index in [1.807, 2.05) is 13.8 Å². The number of amides is 2. The highest BCUT2D eigenvalue weighted by molar-refractivity contribution is 5.81. The molecule has 1 saturated heterocycles. The molecule has 0 aromatic rings. The third-order valence-electron chi connectivity index (χ3n) is 3.42. The Morgan fingerprint density at radius 3 is 2.61 bits per heavy atom. The lowest BCUT2D eigenvalue weighted by atomic mass is 10.0. The van der Waals surface area contributed by atoms with Crippen molar-refractivity contribution >= 4 is 12.0 Å². The van der Waals surface area contributed by atoms with Gasteiger partial charge in [0.1, 0.15) is 6.54 Å². The van der Waals surface area contributed by atoms with Gasteiger partial charge < -0.3 is 19.6 Å². The molecule has 6 nitrogen and oxygen atoms in total. The maximum absolute atomic E-state index is 12.5. The van der Waals surface area contributed by atoms with Crippen LogP contribution in [0.2, 0.25) is 0 Å². The molecule has 6 heteroatoms. The minimum atomic E-state index is -0.957. The highest BCUT2D eigenvalue weighted by Crippen LogP contribution is 2.30. The summed E-state index contributed by atoms with van der Waals surface area (Å²) in [5, 5.41) is 8.90. The number of nitrogens with zero attached hydrogens (tertiary/aromatic N) is 2. The molecule has 1 aliphatic carbocycles. The number of carboxylic acid groups (broad SMARTS) is 1. The molecule has 1 saturated carbocycles. The van der Waals surface area contributed by atoms with Gasteiger partial charge >= 0.3 is 12.0 Å². The first kappa shape index (κ1) is 13.1. The molecule has 102 valence electrons. The fraction of sp³-hybridized carbons (Fsp3) is 0.833. The lowest BCUT2D eigenvalue weighted by Crippen LogP contribution is -2.60. The molecule has 2 amide bonds. The van der Waals surface area contributed by atoms with Gasteiger partial charge in [0.2, 0.25) is 0 Å². The van der Waals surface area contributed by atoms with Gasteiger partial charge in [0.05, 0.1) is 18.8 Å². The van der Waals surface area contributed by atoms with Crippen molar-refractivity contribution in [1.29, 1.82) is 0 Å². The van der Waals surface area contributed by atoms with Crippen LogP contribution in [0.25, 0.3) is 0 Å². The molecule has 1 N–H and O–H groups in total. The Labute approximate surface area is 106 Å². The quantitative estimate of drug-likeness (QED) is 0.809. The van der Waals surface area contributed by atoms with E-state index < -0.39 is 5.97 Å². The van der Waals surface area contributed by atoms with Crippen molar-refractivity contribution in [3.63, 3.8) is 0 Å². The smallest absolute Gasteiger partial charge is 0.323 e. The highest BCUT2D eigenvalue weighted by atomic mass is 16.5. The summed E-state index contributed by atoms with van der Waals surface area (Å²) in [6.45, 7) is 5.20. The number of hydrogen-bond acceptors (Lipinski definition) is 3. The number of urea groups is 1. The normalized spacial score (nSPS) is 22.7. The van der Waals surface area contributed by atoms with Crippen LogP contribution < -0.4 is 0 Å². The van der Waals surface area contributed by atoms with Crippen molar-refractivity contribution in [3.8, 4) is 0 Å². The van der Waals surface area contributed by atoms with Crippen molar-refractivity contribution in [1.82, 2.24) is 9.80 Å². The summed E-state index contributed by atoms with van der Waals surface area (Å²) in [6, 6.07) is -0.0690. The lowest BCUT2D eigenvalue weighted by molar-refractivity contribution is -0.138. The molecule has 18 heavy (non-hydrogen) atoms. The monoisotopic (exact) mass is 256 g/mol. The van der Waals surface area contributed by atoms with Crippen LogP contribution in [0.15, 0.2) is 0 Å². The van der Waals surface area contributed by atoms with Gasteiger partial charge in [-0.05, 0) is 26.7 Å². The van der Waals surface area contributed by atoms with Gasteiger partial charge in [0.15, 0.2) is 0 Å². The number of carbonyl (C=O) groups is 2. The van der Waals surface area contributed by atoms with Gasteiger partial charge in [-0.15, -0.1) is 0 Å². The predicted octanol–water partition coefficient (Wildman–Crippen LogP) is 0.766. The molecule has 0 aromatic carbocycles. The summed E-state index contributed by atoms with van der Waals surface area (Å²) in [4.78, 5) is 26.5. The summed E-state index contributed by atoms with van der Waals surface area (Å²) >= 11 is 0. The van der Waals surface area contributed by atoms with Crippen LogP contribution in [0.3, 0.4) is 0 Å². The summed E-state index contributed by atoms with van der Waals surface area (Å²) in [5.41, 5.74) is -0.374. The molecule has 0 unspecified atom stereocenters. The molecule has 0 radical (unpaired) electrons. The topological polar surface area (TPSA) is 70.1 Å². The lowest BCUT2D eigenvalue weighted by Gasteiger charge is -2.44. The summed E-state index contributed by atoms with van der Waals surface area (Å²) in [5.74, 6) is -0.957. The fourth-order valence-electron chi connectivity index (χ4n) is 2.25. The van der Waals surface area contributed by atoms with E-state index >= 15 is 0 Å². The van der Waals surface area contributed by atoms with Gasteiger partial charge in [0, 0.05) is 12.6 Å². The Hall–Kier alpha value is -1.30. The Bertz CT molecular complexity index is 352. The SMILES string of the molecule is CC1(C)COCCN1C(=O)N(CC(=O)O)C1CC1. The highest BCUT2D eigenvalue weighted by Gasteiger charge is 2.41. The van der Waals surface area contributed by atoms with E-state index in [1.54, 1.807) is 4.90 Å². The van der Waals surface area contributed by atoms with Crippen LogP contribution in [0.4, 0.5) is 4.79 Å². The molecule has 2 rings (SSSR count). The molecule has 0 aromatic heterocycles. The third kappa shape index (κ3) is 2.75. The number of ether oxygens (including phenoxy) is 1. The zero-order chi connectivity index (χ0) is 13.3. The summed E-state index contributed by atoms with van der Waals surface area (Å²) in [7, 11) is 0. The first-order chi connectivity index (χ1) is 8.42. The van der Waals surface area contributed by atoms with Crippen molar-refractivity contribution < 1.29 is 19.4 Å². The molecule has 2 fully saturated rings. The molecular formula is C12H20N2O4. The summed E-state index contributed by atoms with van der Waals surface area (Å²) in [6.07, 6.45) is 1.81. The van der Waals surface area contributed by atoms with E-state index in [9.17, 15) is 9.59 Å². The predicted molar refractivity (Wildman–Crippen MR) is 64.4 cm³/mol. The Kier molecular flexibility index (Phi) is 3.47. The Balaban J connectivity index is 2.09. The van der Waals surface area contributed by atoms with Crippen LogP contribution in [-0.4, -0.2) is 64.8 Å². The molecule has 1 aliphatic heterocycles. The first-order valence-corrected chi connectivity index (χ1v) is 6.29. The van der Waals surface area contributed by atoms with Gasteiger partial charge in [0.25, 0.3) is 0 Å². The van der Waals surface area contributed by atoms with Crippen molar-refractivity contribution in [3.05, 3.63) is 0 Å². The maximum atomic E-state index is 12.5.